The molecule has 0 saturated carbocycles. The zero-order chi connectivity index (χ0) is 20.6. The van der Waals surface area contributed by atoms with Crippen molar-refractivity contribution in [2.45, 2.75) is 31.1 Å². The summed E-state index contributed by atoms with van der Waals surface area (Å²) in [5.41, 5.74) is 1.42. The van der Waals surface area contributed by atoms with E-state index in [1.807, 2.05) is 23.1 Å². The maximum absolute atomic E-state index is 13.6. The Morgan fingerprint density at radius 2 is 1.80 bits per heavy atom. The fourth-order valence-electron chi connectivity index (χ4n) is 5.14. The summed E-state index contributed by atoms with van der Waals surface area (Å²) in [5, 5.41) is 0. The molecule has 0 N–H and O–H groups in total. The molecule has 2 aromatic rings. The Morgan fingerprint density at radius 3 is 2.53 bits per heavy atom. The van der Waals surface area contributed by atoms with Gasteiger partial charge >= 0.3 is 0 Å². The maximum Gasteiger partial charge on any atom is 0.254 e. The summed E-state index contributed by atoms with van der Waals surface area (Å²) in [7, 11) is 0. The lowest BCUT2D eigenvalue weighted by atomic mass is 9.96. The van der Waals surface area contributed by atoms with Gasteiger partial charge in [0.15, 0.2) is 0 Å². The Morgan fingerprint density at radius 1 is 1.07 bits per heavy atom. The second-order valence-electron chi connectivity index (χ2n) is 8.20. The van der Waals surface area contributed by atoms with Crippen LogP contribution >= 0.6 is 0 Å². The molecule has 4 heterocycles. The van der Waals surface area contributed by atoms with Crippen molar-refractivity contribution in [3.63, 3.8) is 0 Å². The maximum atomic E-state index is 13.6. The van der Waals surface area contributed by atoms with Crippen molar-refractivity contribution < 1.29 is 14.3 Å². The van der Waals surface area contributed by atoms with Gasteiger partial charge < -0.3 is 14.5 Å². The monoisotopic (exact) mass is 406 g/mol. The van der Waals surface area contributed by atoms with E-state index >= 15 is 0 Å². The van der Waals surface area contributed by atoms with Gasteiger partial charge in [0, 0.05) is 57.0 Å². The predicted molar refractivity (Wildman–Crippen MR) is 110 cm³/mol. The van der Waals surface area contributed by atoms with Crippen LogP contribution in [0.4, 0.5) is 0 Å². The van der Waals surface area contributed by atoms with Gasteiger partial charge in [-0.3, -0.25) is 19.5 Å². The van der Waals surface area contributed by atoms with Gasteiger partial charge in [-0.25, -0.2) is 0 Å². The Labute approximate surface area is 176 Å². The second-order valence-corrected chi connectivity index (χ2v) is 8.20. The molecule has 156 valence electrons. The fraction of sp³-hybridized carbons (Fsp3) is 0.435. The molecule has 3 aliphatic heterocycles. The first-order valence-corrected chi connectivity index (χ1v) is 10.6. The molecule has 30 heavy (non-hydrogen) atoms. The highest BCUT2D eigenvalue weighted by Crippen LogP contribution is 2.42. The van der Waals surface area contributed by atoms with Crippen LogP contribution in [0.2, 0.25) is 0 Å². The topological polar surface area (TPSA) is 66.0 Å². The standard InChI is InChI=1S/C23H26N4O3/c28-21(19-6-10-24-11-7-19)25-12-13-26-20(17-25)22(29)27(16-18-4-2-1-3-5-18)23(26)8-14-30-15-9-23/h1-7,10-11,20H,8-9,12-17H2/t20-/m1/s1. The quantitative estimate of drug-likeness (QED) is 0.777. The number of amides is 2. The van der Waals surface area contributed by atoms with Gasteiger partial charge in [-0.15, -0.1) is 0 Å². The number of nitrogens with zero attached hydrogens (tertiary/aromatic N) is 4. The summed E-state index contributed by atoms with van der Waals surface area (Å²) in [5.74, 6) is 0.0837. The molecule has 0 unspecified atom stereocenters. The van der Waals surface area contributed by atoms with E-state index in [1.165, 1.54) is 0 Å². The van der Waals surface area contributed by atoms with Gasteiger partial charge in [0.25, 0.3) is 5.91 Å². The Balaban J connectivity index is 1.42. The highest BCUT2D eigenvalue weighted by atomic mass is 16.5. The smallest absolute Gasteiger partial charge is 0.254 e. The molecule has 1 spiro atoms. The van der Waals surface area contributed by atoms with Crippen LogP contribution in [0.1, 0.15) is 28.8 Å². The van der Waals surface area contributed by atoms with Crippen molar-refractivity contribution in [2.24, 2.45) is 0 Å². The van der Waals surface area contributed by atoms with E-state index in [-0.39, 0.29) is 23.5 Å². The summed E-state index contributed by atoms with van der Waals surface area (Å²) >= 11 is 0. The molecule has 7 nitrogen and oxygen atoms in total. The minimum Gasteiger partial charge on any atom is -0.381 e. The molecule has 3 aliphatic rings. The van der Waals surface area contributed by atoms with Crippen LogP contribution < -0.4 is 0 Å². The number of rotatable bonds is 3. The lowest BCUT2D eigenvalue weighted by Crippen LogP contribution is -2.62. The molecule has 1 aromatic carbocycles. The largest absolute Gasteiger partial charge is 0.381 e. The number of hydrogen-bond donors (Lipinski definition) is 0. The minimum absolute atomic E-state index is 0.0348. The van der Waals surface area contributed by atoms with E-state index < -0.39 is 0 Å². The van der Waals surface area contributed by atoms with Crippen LogP contribution in [0, 0.1) is 0 Å². The number of carbonyl (C=O) groups is 2. The third kappa shape index (κ3) is 3.18. The van der Waals surface area contributed by atoms with Crippen molar-refractivity contribution in [1.82, 2.24) is 19.7 Å². The summed E-state index contributed by atoms with van der Waals surface area (Å²) in [6.07, 6.45) is 4.87. The third-order valence-corrected chi connectivity index (χ3v) is 6.66. The molecule has 1 atom stereocenters. The van der Waals surface area contributed by atoms with E-state index in [9.17, 15) is 9.59 Å². The van der Waals surface area contributed by atoms with E-state index in [1.54, 1.807) is 24.5 Å². The van der Waals surface area contributed by atoms with Crippen LogP contribution in [0.25, 0.3) is 0 Å². The van der Waals surface area contributed by atoms with Crippen LogP contribution in [-0.2, 0) is 16.1 Å². The number of benzene rings is 1. The van der Waals surface area contributed by atoms with Crippen molar-refractivity contribution in [1.29, 1.82) is 0 Å². The van der Waals surface area contributed by atoms with E-state index in [0.717, 1.165) is 18.4 Å². The normalized spacial score (nSPS) is 23.6. The first-order valence-electron chi connectivity index (χ1n) is 10.6. The average molecular weight is 406 g/mol. The molecule has 3 saturated heterocycles. The molecule has 0 aliphatic carbocycles. The van der Waals surface area contributed by atoms with Gasteiger partial charge in [-0.05, 0) is 17.7 Å². The van der Waals surface area contributed by atoms with Crippen LogP contribution in [-0.4, -0.2) is 76.1 Å². The number of hydrogen-bond acceptors (Lipinski definition) is 5. The lowest BCUT2D eigenvalue weighted by molar-refractivity contribution is -0.137. The van der Waals surface area contributed by atoms with Crippen LogP contribution in [0.3, 0.4) is 0 Å². The summed E-state index contributed by atoms with van der Waals surface area (Å²) in [6.45, 7) is 3.63. The van der Waals surface area contributed by atoms with Gasteiger partial charge in [-0.1, -0.05) is 30.3 Å². The summed E-state index contributed by atoms with van der Waals surface area (Å²) in [6, 6.07) is 13.3. The molecule has 7 heteroatoms. The first kappa shape index (κ1) is 19.2. The van der Waals surface area contributed by atoms with Crippen LogP contribution in [0.5, 0.6) is 0 Å². The molecule has 3 fully saturated rings. The molecule has 0 radical (unpaired) electrons. The van der Waals surface area contributed by atoms with Gasteiger partial charge in [0.05, 0.1) is 13.2 Å². The van der Waals surface area contributed by atoms with Gasteiger partial charge in [-0.2, -0.15) is 0 Å². The highest BCUT2D eigenvalue weighted by Gasteiger charge is 2.58. The van der Waals surface area contributed by atoms with E-state index in [2.05, 4.69) is 26.9 Å². The number of carbonyl (C=O) groups excluding carboxylic acids is 2. The fourth-order valence-corrected chi connectivity index (χ4v) is 5.14. The lowest BCUT2D eigenvalue weighted by Gasteiger charge is -2.49. The zero-order valence-electron chi connectivity index (χ0n) is 16.9. The van der Waals surface area contributed by atoms with E-state index in [4.69, 9.17) is 4.74 Å². The SMILES string of the molecule is O=C(c1ccncc1)N1CCN2[C@H](C1)C(=O)N(Cc1ccccc1)C21CCOCC1. The van der Waals surface area contributed by atoms with Crippen molar-refractivity contribution >= 4 is 11.8 Å². The predicted octanol–water partition coefficient (Wildman–Crippen LogP) is 1.76. The molecular weight excluding hydrogens is 380 g/mol. The number of piperazine rings is 1. The third-order valence-electron chi connectivity index (χ3n) is 6.66. The highest BCUT2D eigenvalue weighted by molar-refractivity contribution is 5.95. The van der Waals surface area contributed by atoms with Crippen molar-refractivity contribution in [3.05, 3.63) is 66.0 Å². The number of aromatic nitrogens is 1. The molecule has 1 aromatic heterocycles. The Hall–Kier alpha value is -2.77. The second kappa shape index (κ2) is 7.81. The minimum atomic E-state index is -0.318. The number of fused-ring (bicyclic) bond motifs is 2. The molecular formula is C23H26N4O3. The average Bonchev–Trinajstić information content (AvgIpc) is 3.02. The zero-order valence-corrected chi connectivity index (χ0v) is 16.9. The molecule has 0 bridgehead atoms. The van der Waals surface area contributed by atoms with Gasteiger partial charge in [0.2, 0.25) is 5.91 Å². The Kier molecular flexibility index (Phi) is 5.00. The van der Waals surface area contributed by atoms with Crippen molar-refractivity contribution in [2.75, 3.05) is 32.8 Å². The van der Waals surface area contributed by atoms with Crippen LogP contribution in [0.15, 0.2) is 54.9 Å². The first-order chi connectivity index (χ1) is 14.7. The Bertz CT molecular complexity index is 915. The molecule has 2 amide bonds. The summed E-state index contributed by atoms with van der Waals surface area (Å²) < 4.78 is 5.65. The number of pyridine rings is 1. The molecule has 5 rings (SSSR count). The van der Waals surface area contributed by atoms with Gasteiger partial charge in [0.1, 0.15) is 11.7 Å². The summed E-state index contributed by atoms with van der Waals surface area (Å²) in [4.78, 5) is 36.8. The van der Waals surface area contributed by atoms with Crippen molar-refractivity contribution in [3.8, 4) is 0 Å². The van der Waals surface area contributed by atoms with E-state index in [0.29, 0.717) is 45.0 Å². The number of ether oxygens (including phenoxy) is 1.